The third-order valence-corrected chi connectivity index (χ3v) is 3.83. The van der Waals surface area contributed by atoms with Crippen LogP contribution in [0.1, 0.15) is 17.0 Å². The van der Waals surface area contributed by atoms with Crippen molar-refractivity contribution < 1.29 is 23.5 Å². The largest absolute Gasteiger partial charge is 0.466 e. The number of hydrogen-bond donors (Lipinski definition) is 0. The molecular formula is C20H19FO4. The first kappa shape index (κ1) is 18.4. The minimum atomic E-state index is -2.99. The monoisotopic (exact) mass is 342 g/mol. The second-order valence-corrected chi connectivity index (χ2v) is 5.35. The Balaban J connectivity index is 2.55. The molecule has 5 heteroatoms. The van der Waals surface area contributed by atoms with E-state index in [-0.39, 0.29) is 0 Å². The highest BCUT2D eigenvalue weighted by Crippen LogP contribution is 2.36. The van der Waals surface area contributed by atoms with Crippen molar-refractivity contribution in [3.8, 4) is 0 Å². The van der Waals surface area contributed by atoms with Gasteiger partial charge >= 0.3 is 17.6 Å². The van der Waals surface area contributed by atoms with E-state index in [1.165, 1.54) is 6.08 Å². The van der Waals surface area contributed by atoms with Crippen LogP contribution in [0.15, 0.2) is 66.7 Å². The quantitative estimate of drug-likeness (QED) is 0.595. The first-order chi connectivity index (χ1) is 12.0. The lowest BCUT2D eigenvalue weighted by molar-refractivity contribution is -0.172. The highest BCUT2D eigenvalue weighted by atomic mass is 19.1. The minimum Gasteiger partial charge on any atom is -0.466 e. The SMILES string of the molecule is COC(=O)C(F)(C(=O)OC)[C@H](/C=C/c1ccccc1)c1ccccc1. The van der Waals surface area contributed by atoms with Crippen LogP contribution in [0.3, 0.4) is 0 Å². The van der Waals surface area contributed by atoms with E-state index in [2.05, 4.69) is 9.47 Å². The van der Waals surface area contributed by atoms with Gasteiger partial charge in [-0.15, -0.1) is 0 Å². The molecule has 2 aromatic carbocycles. The number of methoxy groups -OCH3 is 2. The van der Waals surface area contributed by atoms with Crippen LogP contribution in [0.4, 0.5) is 4.39 Å². The molecule has 0 saturated carbocycles. The van der Waals surface area contributed by atoms with Crippen LogP contribution in [-0.2, 0) is 19.1 Å². The maximum Gasteiger partial charge on any atom is 0.356 e. The molecule has 0 spiro atoms. The van der Waals surface area contributed by atoms with Crippen LogP contribution in [0, 0.1) is 0 Å². The van der Waals surface area contributed by atoms with E-state index in [9.17, 15) is 9.59 Å². The Morgan fingerprint density at radius 2 is 1.40 bits per heavy atom. The summed E-state index contributed by atoms with van der Waals surface area (Å²) in [4.78, 5) is 24.3. The van der Waals surface area contributed by atoms with Gasteiger partial charge in [-0.05, 0) is 11.1 Å². The summed E-state index contributed by atoms with van der Waals surface area (Å²) in [6.45, 7) is 0. The number of ether oxygens (including phenoxy) is 2. The van der Waals surface area contributed by atoms with E-state index in [4.69, 9.17) is 0 Å². The lowest BCUT2D eigenvalue weighted by Crippen LogP contribution is -2.48. The second kappa shape index (κ2) is 8.24. The van der Waals surface area contributed by atoms with Crippen molar-refractivity contribution in [3.05, 3.63) is 77.9 Å². The number of alkyl halides is 1. The third-order valence-electron chi connectivity index (χ3n) is 3.83. The van der Waals surface area contributed by atoms with Gasteiger partial charge in [0.25, 0.3) is 0 Å². The summed E-state index contributed by atoms with van der Waals surface area (Å²) in [5, 5.41) is 0. The Bertz CT molecular complexity index is 725. The molecule has 0 N–H and O–H groups in total. The number of carbonyl (C=O) groups excluding carboxylic acids is 2. The molecule has 130 valence electrons. The van der Waals surface area contributed by atoms with E-state index in [1.54, 1.807) is 36.4 Å². The van der Waals surface area contributed by atoms with Crippen LogP contribution in [0.2, 0.25) is 0 Å². The van der Waals surface area contributed by atoms with Crippen molar-refractivity contribution in [2.45, 2.75) is 11.6 Å². The number of esters is 2. The molecule has 0 aliphatic rings. The molecule has 2 aromatic rings. The zero-order valence-electron chi connectivity index (χ0n) is 14.0. The molecule has 1 atom stereocenters. The van der Waals surface area contributed by atoms with Gasteiger partial charge in [0.2, 0.25) is 0 Å². The average Bonchev–Trinajstić information content (AvgIpc) is 2.68. The summed E-state index contributed by atoms with van der Waals surface area (Å²) in [5.41, 5.74) is -1.73. The number of benzene rings is 2. The number of halogens is 1. The number of carbonyl (C=O) groups is 2. The summed E-state index contributed by atoms with van der Waals surface area (Å²) in [5.74, 6) is -3.80. The normalized spacial score (nSPS) is 12.6. The van der Waals surface area contributed by atoms with Gasteiger partial charge in [-0.2, -0.15) is 0 Å². The van der Waals surface area contributed by atoms with Gasteiger partial charge in [-0.1, -0.05) is 72.8 Å². The average molecular weight is 342 g/mol. The van der Waals surface area contributed by atoms with Crippen LogP contribution in [0.25, 0.3) is 6.08 Å². The van der Waals surface area contributed by atoms with Gasteiger partial charge in [0, 0.05) is 0 Å². The van der Waals surface area contributed by atoms with Gasteiger partial charge in [-0.25, -0.2) is 14.0 Å². The van der Waals surface area contributed by atoms with E-state index >= 15 is 4.39 Å². The fourth-order valence-corrected chi connectivity index (χ4v) is 2.54. The van der Waals surface area contributed by atoms with E-state index in [0.717, 1.165) is 19.8 Å². The van der Waals surface area contributed by atoms with Crippen molar-refractivity contribution in [2.24, 2.45) is 0 Å². The van der Waals surface area contributed by atoms with Gasteiger partial charge < -0.3 is 9.47 Å². The molecule has 0 bridgehead atoms. The van der Waals surface area contributed by atoms with Crippen LogP contribution >= 0.6 is 0 Å². The molecular weight excluding hydrogens is 323 g/mol. The predicted octanol–water partition coefficient (Wildman–Crippen LogP) is 3.54. The Labute approximate surface area is 145 Å². The fraction of sp³-hybridized carbons (Fsp3) is 0.200. The minimum absolute atomic E-state index is 0.452. The van der Waals surface area contributed by atoms with Crippen molar-refractivity contribution in [2.75, 3.05) is 14.2 Å². The van der Waals surface area contributed by atoms with Crippen molar-refractivity contribution >= 4 is 18.0 Å². The summed E-state index contributed by atoms with van der Waals surface area (Å²) in [6, 6.07) is 17.6. The molecule has 2 rings (SSSR count). The van der Waals surface area contributed by atoms with Gasteiger partial charge in [0.1, 0.15) is 0 Å². The van der Waals surface area contributed by atoms with E-state index in [1.807, 2.05) is 30.3 Å². The second-order valence-electron chi connectivity index (χ2n) is 5.35. The summed E-state index contributed by atoms with van der Waals surface area (Å²) < 4.78 is 24.7. The predicted molar refractivity (Wildman–Crippen MR) is 92.5 cm³/mol. The lowest BCUT2D eigenvalue weighted by atomic mass is 9.82. The van der Waals surface area contributed by atoms with Crippen molar-refractivity contribution in [1.82, 2.24) is 0 Å². The Morgan fingerprint density at radius 1 is 0.920 bits per heavy atom. The molecule has 4 nitrogen and oxygen atoms in total. The maximum atomic E-state index is 15.6. The molecule has 0 unspecified atom stereocenters. The molecule has 0 aliphatic carbocycles. The molecule has 0 aromatic heterocycles. The summed E-state index contributed by atoms with van der Waals surface area (Å²) in [7, 11) is 2.06. The highest BCUT2D eigenvalue weighted by Gasteiger charge is 2.55. The van der Waals surface area contributed by atoms with Crippen molar-refractivity contribution in [3.63, 3.8) is 0 Å². The first-order valence-corrected chi connectivity index (χ1v) is 7.68. The zero-order chi connectivity index (χ0) is 18.3. The molecule has 0 amide bonds. The van der Waals surface area contributed by atoms with Crippen molar-refractivity contribution in [1.29, 1.82) is 0 Å². The third kappa shape index (κ3) is 3.94. The molecule has 0 saturated heterocycles. The van der Waals surface area contributed by atoms with Gasteiger partial charge in [0.05, 0.1) is 20.1 Å². The fourth-order valence-electron chi connectivity index (χ4n) is 2.54. The van der Waals surface area contributed by atoms with Crippen LogP contribution in [0.5, 0.6) is 0 Å². The number of hydrogen-bond acceptors (Lipinski definition) is 4. The molecule has 25 heavy (non-hydrogen) atoms. The van der Waals surface area contributed by atoms with Crippen LogP contribution < -0.4 is 0 Å². The Morgan fingerprint density at radius 3 is 1.88 bits per heavy atom. The zero-order valence-corrected chi connectivity index (χ0v) is 14.0. The Hall–Kier alpha value is -2.95. The number of allylic oxidation sites excluding steroid dienone is 1. The van der Waals surface area contributed by atoms with E-state index < -0.39 is 23.5 Å². The van der Waals surface area contributed by atoms with Gasteiger partial charge in [-0.3, -0.25) is 0 Å². The molecule has 0 fully saturated rings. The van der Waals surface area contributed by atoms with Crippen LogP contribution in [-0.4, -0.2) is 31.8 Å². The van der Waals surface area contributed by atoms with Gasteiger partial charge in [0.15, 0.2) is 0 Å². The molecule has 0 aliphatic heterocycles. The highest BCUT2D eigenvalue weighted by molar-refractivity contribution is 6.05. The first-order valence-electron chi connectivity index (χ1n) is 7.68. The summed E-state index contributed by atoms with van der Waals surface area (Å²) in [6.07, 6.45) is 3.12. The topological polar surface area (TPSA) is 52.6 Å². The molecule has 0 heterocycles. The number of rotatable bonds is 6. The summed E-state index contributed by atoms with van der Waals surface area (Å²) >= 11 is 0. The Kier molecular flexibility index (Phi) is 6.06. The standard InChI is InChI=1S/C20H19FO4/c1-24-18(22)20(21,19(23)25-2)17(16-11-7-4-8-12-16)14-13-15-9-5-3-6-10-15/h3-14,17H,1-2H3/b14-13+/t17-/m1/s1. The van der Waals surface area contributed by atoms with E-state index in [0.29, 0.717) is 5.56 Å². The smallest absolute Gasteiger partial charge is 0.356 e. The molecule has 0 radical (unpaired) electrons. The lowest BCUT2D eigenvalue weighted by Gasteiger charge is -2.27. The maximum absolute atomic E-state index is 15.6.